The summed E-state index contributed by atoms with van der Waals surface area (Å²) < 4.78 is 5.60. The van der Waals surface area contributed by atoms with Crippen molar-refractivity contribution >= 4 is 33.3 Å². The minimum Gasteiger partial charge on any atom is -0.375 e. The zero-order chi connectivity index (χ0) is 13.2. The van der Waals surface area contributed by atoms with Crippen molar-refractivity contribution in [2.45, 2.75) is 20.0 Å². The van der Waals surface area contributed by atoms with Crippen LogP contribution in [-0.2, 0) is 4.74 Å². The summed E-state index contributed by atoms with van der Waals surface area (Å²) >= 11 is 1.66. The average molecular weight is 278 g/mol. The number of hydrogen-bond acceptors (Lipinski definition) is 6. The molecule has 1 aliphatic rings. The lowest BCUT2D eigenvalue weighted by molar-refractivity contribution is 0.0530. The van der Waals surface area contributed by atoms with Crippen LogP contribution in [0.15, 0.2) is 11.4 Å². The molecule has 1 saturated heterocycles. The van der Waals surface area contributed by atoms with Gasteiger partial charge in [-0.15, -0.1) is 11.3 Å². The molecule has 0 amide bonds. The Bertz CT molecular complexity index is 571. The van der Waals surface area contributed by atoms with Gasteiger partial charge < -0.3 is 15.0 Å². The molecule has 2 aromatic rings. The Balaban J connectivity index is 2.02. The zero-order valence-corrected chi connectivity index (χ0v) is 12.0. The first-order chi connectivity index (χ1) is 9.28. The molecule has 19 heavy (non-hydrogen) atoms. The average Bonchev–Trinajstić information content (AvgIpc) is 2.86. The van der Waals surface area contributed by atoms with Gasteiger partial charge in [-0.3, -0.25) is 0 Å². The van der Waals surface area contributed by atoms with E-state index in [0.717, 1.165) is 42.3 Å². The number of fused-ring (bicyclic) bond motifs is 1. The molecule has 0 radical (unpaired) electrons. The van der Waals surface area contributed by atoms with E-state index in [-0.39, 0.29) is 6.10 Å². The third-order valence-electron chi connectivity index (χ3n) is 3.18. The molecule has 5 nitrogen and oxygen atoms in total. The van der Waals surface area contributed by atoms with Crippen LogP contribution in [0, 0.1) is 0 Å². The van der Waals surface area contributed by atoms with Gasteiger partial charge in [-0.1, -0.05) is 0 Å². The van der Waals surface area contributed by atoms with Crippen LogP contribution in [0.3, 0.4) is 0 Å². The second kappa shape index (κ2) is 5.30. The lowest BCUT2D eigenvalue weighted by Crippen LogP contribution is -2.41. The van der Waals surface area contributed by atoms with Crippen molar-refractivity contribution in [3.63, 3.8) is 0 Å². The molecule has 0 bridgehead atoms. The summed E-state index contributed by atoms with van der Waals surface area (Å²) in [6, 6.07) is 2.10. The van der Waals surface area contributed by atoms with Crippen LogP contribution < -0.4 is 10.2 Å². The number of ether oxygens (including phenoxy) is 1. The van der Waals surface area contributed by atoms with E-state index in [1.54, 1.807) is 11.3 Å². The predicted molar refractivity (Wildman–Crippen MR) is 79.2 cm³/mol. The second-order valence-electron chi connectivity index (χ2n) is 4.67. The number of thiophene rings is 1. The Labute approximate surface area is 116 Å². The fraction of sp³-hybridized carbons (Fsp3) is 0.538. The van der Waals surface area contributed by atoms with E-state index in [1.807, 2.05) is 0 Å². The van der Waals surface area contributed by atoms with Gasteiger partial charge in [0.2, 0.25) is 5.95 Å². The molecule has 0 spiro atoms. The highest BCUT2D eigenvalue weighted by Crippen LogP contribution is 2.30. The molecule has 1 unspecified atom stereocenters. The Kier molecular flexibility index (Phi) is 3.52. The van der Waals surface area contributed by atoms with Crippen molar-refractivity contribution in [2.75, 3.05) is 36.5 Å². The zero-order valence-electron chi connectivity index (χ0n) is 11.2. The minimum absolute atomic E-state index is 0.250. The number of nitrogens with one attached hydrogen (secondary N) is 1. The molecule has 0 saturated carbocycles. The number of morpholine rings is 1. The maximum atomic E-state index is 5.60. The summed E-state index contributed by atoms with van der Waals surface area (Å²) in [6.45, 7) is 7.51. The number of rotatable bonds is 3. The van der Waals surface area contributed by atoms with Crippen LogP contribution in [-0.4, -0.2) is 42.3 Å². The van der Waals surface area contributed by atoms with Crippen molar-refractivity contribution in [3.05, 3.63) is 11.4 Å². The number of hydrogen-bond donors (Lipinski definition) is 1. The predicted octanol–water partition coefficient (Wildman–Crippen LogP) is 2.35. The first-order valence-corrected chi connectivity index (χ1v) is 7.51. The lowest BCUT2D eigenvalue weighted by atomic mass is 10.2. The van der Waals surface area contributed by atoms with Crippen LogP contribution in [0.4, 0.5) is 11.8 Å². The highest BCUT2D eigenvalue weighted by atomic mass is 32.1. The van der Waals surface area contributed by atoms with Crippen LogP contribution in [0.25, 0.3) is 10.2 Å². The molecule has 2 aromatic heterocycles. The Morgan fingerprint density at radius 1 is 1.53 bits per heavy atom. The van der Waals surface area contributed by atoms with Crippen LogP contribution in [0.1, 0.15) is 13.8 Å². The quantitative estimate of drug-likeness (QED) is 0.934. The highest BCUT2D eigenvalue weighted by molar-refractivity contribution is 7.16. The van der Waals surface area contributed by atoms with Gasteiger partial charge in [0.1, 0.15) is 10.6 Å². The number of aromatic nitrogens is 2. The fourth-order valence-electron chi connectivity index (χ4n) is 2.33. The van der Waals surface area contributed by atoms with Gasteiger partial charge in [0, 0.05) is 19.6 Å². The summed E-state index contributed by atoms with van der Waals surface area (Å²) in [5.41, 5.74) is 0. The van der Waals surface area contributed by atoms with Crippen molar-refractivity contribution in [2.24, 2.45) is 0 Å². The molecule has 1 aliphatic heterocycles. The van der Waals surface area contributed by atoms with E-state index < -0.39 is 0 Å². The van der Waals surface area contributed by atoms with Gasteiger partial charge in [0.15, 0.2) is 0 Å². The molecule has 3 rings (SSSR count). The fourth-order valence-corrected chi connectivity index (χ4v) is 3.09. The smallest absolute Gasteiger partial charge is 0.226 e. The molecule has 1 N–H and O–H groups in total. The molecule has 3 heterocycles. The molecule has 0 aromatic carbocycles. The first-order valence-electron chi connectivity index (χ1n) is 6.63. The second-order valence-corrected chi connectivity index (χ2v) is 5.56. The molecule has 6 heteroatoms. The molecule has 1 atom stereocenters. The number of nitrogens with zero attached hydrogens (tertiary/aromatic N) is 3. The van der Waals surface area contributed by atoms with Crippen molar-refractivity contribution in [1.82, 2.24) is 9.97 Å². The standard InChI is InChI=1S/C13H18N4OS/c1-3-14-13-15-11(10-4-7-19-12(10)16-13)17-5-6-18-9(2)8-17/h4,7,9H,3,5-6,8H2,1-2H3,(H,14,15,16). The molecular weight excluding hydrogens is 260 g/mol. The lowest BCUT2D eigenvalue weighted by Gasteiger charge is -2.32. The van der Waals surface area contributed by atoms with Gasteiger partial charge in [-0.05, 0) is 25.3 Å². The van der Waals surface area contributed by atoms with E-state index in [1.165, 1.54) is 0 Å². The van der Waals surface area contributed by atoms with E-state index in [2.05, 4.69) is 45.5 Å². The summed E-state index contributed by atoms with van der Waals surface area (Å²) in [7, 11) is 0. The van der Waals surface area contributed by atoms with E-state index in [9.17, 15) is 0 Å². The largest absolute Gasteiger partial charge is 0.375 e. The van der Waals surface area contributed by atoms with Gasteiger partial charge in [0.05, 0.1) is 18.1 Å². The molecule has 1 fully saturated rings. The van der Waals surface area contributed by atoms with Crippen molar-refractivity contribution in [1.29, 1.82) is 0 Å². The van der Waals surface area contributed by atoms with Gasteiger partial charge in [-0.2, -0.15) is 4.98 Å². The SMILES string of the molecule is CCNc1nc(N2CCOC(C)C2)c2ccsc2n1. The summed E-state index contributed by atoms with van der Waals surface area (Å²) in [4.78, 5) is 12.6. The van der Waals surface area contributed by atoms with Gasteiger partial charge in [-0.25, -0.2) is 4.98 Å². The number of anilines is 2. The van der Waals surface area contributed by atoms with Crippen molar-refractivity contribution in [3.8, 4) is 0 Å². The third kappa shape index (κ3) is 2.50. The Hall–Kier alpha value is -1.40. The third-order valence-corrected chi connectivity index (χ3v) is 3.99. The van der Waals surface area contributed by atoms with Gasteiger partial charge in [0.25, 0.3) is 0 Å². The highest BCUT2D eigenvalue weighted by Gasteiger charge is 2.21. The maximum Gasteiger partial charge on any atom is 0.226 e. The Morgan fingerprint density at radius 2 is 2.42 bits per heavy atom. The molecule has 102 valence electrons. The normalized spacial score (nSPS) is 19.9. The molecular formula is C13H18N4OS. The minimum atomic E-state index is 0.250. The van der Waals surface area contributed by atoms with Crippen LogP contribution in [0.2, 0.25) is 0 Å². The van der Waals surface area contributed by atoms with Gasteiger partial charge >= 0.3 is 0 Å². The Morgan fingerprint density at radius 3 is 3.21 bits per heavy atom. The van der Waals surface area contributed by atoms with Crippen molar-refractivity contribution < 1.29 is 4.74 Å². The van der Waals surface area contributed by atoms with Crippen LogP contribution in [0.5, 0.6) is 0 Å². The van der Waals surface area contributed by atoms with E-state index in [4.69, 9.17) is 4.74 Å². The summed E-state index contributed by atoms with van der Waals surface area (Å²) in [6.07, 6.45) is 0.250. The molecule has 0 aliphatic carbocycles. The topological polar surface area (TPSA) is 50.3 Å². The summed E-state index contributed by atoms with van der Waals surface area (Å²) in [5.74, 6) is 1.74. The van der Waals surface area contributed by atoms with E-state index >= 15 is 0 Å². The maximum absolute atomic E-state index is 5.60. The van der Waals surface area contributed by atoms with Crippen LogP contribution >= 0.6 is 11.3 Å². The first kappa shape index (κ1) is 12.6. The summed E-state index contributed by atoms with van der Waals surface area (Å²) in [5, 5.41) is 6.42. The van der Waals surface area contributed by atoms with E-state index in [0.29, 0.717) is 5.95 Å². The monoisotopic (exact) mass is 278 g/mol.